The average Bonchev–Trinajstić information content (AvgIpc) is 3.39. The predicted octanol–water partition coefficient (Wildman–Crippen LogP) is 3.67. The normalized spacial score (nSPS) is 20.8. The molecule has 182 valence electrons. The molecule has 3 fully saturated rings. The summed E-state index contributed by atoms with van der Waals surface area (Å²) in [6.45, 7) is 4.08. The van der Waals surface area contributed by atoms with Crippen LogP contribution in [0.25, 0.3) is 0 Å². The number of hydrogen-bond donors (Lipinski definition) is 4. The van der Waals surface area contributed by atoms with E-state index in [1.165, 1.54) is 18.5 Å². The van der Waals surface area contributed by atoms with Crippen LogP contribution in [0.1, 0.15) is 63.4 Å². The van der Waals surface area contributed by atoms with Crippen molar-refractivity contribution in [1.82, 2.24) is 15.3 Å². The Morgan fingerprint density at radius 2 is 1.74 bits per heavy atom. The Labute approximate surface area is 202 Å². The Hall–Kier alpha value is -2.87. The van der Waals surface area contributed by atoms with E-state index < -0.39 is 5.41 Å². The summed E-state index contributed by atoms with van der Waals surface area (Å²) >= 11 is 0. The molecule has 0 atom stereocenters. The lowest BCUT2D eigenvalue weighted by Crippen LogP contribution is -2.43. The van der Waals surface area contributed by atoms with E-state index in [4.69, 9.17) is 10.7 Å². The summed E-state index contributed by atoms with van der Waals surface area (Å²) in [5, 5.41) is 10.4. The van der Waals surface area contributed by atoms with Crippen LogP contribution < -0.4 is 26.6 Å². The zero-order chi connectivity index (χ0) is 23.4. The van der Waals surface area contributed by atoms with E-state index in [1.807, 2.05) is 6.20 Å². The SMILES string of the molecule is NC(=O)C1(c2cnc(Nc3ccc(N4CCNCC4)cc3)nc2NC2CCCC2)CCCCC1. The van der Waals surface area contributed by atoms with Crippen LogP contribution in [0.15, 0.2) is 30.5 Å². The van der Waals surface area contributed by atoms with Crippen LogP contribution in [0, 0.1) is 0 Å². The zero-order valence-corrected chi connectivity index (χ0v) is 20.0. The number of nitrogens with zero attached hydrogens (tertiary/aromatic N) is 3. The van der Waals surface area contributed by atoms with Gasteiger partial charge in [-0.3, -0.25) is 4.79 Å². The highest BCUT2D eigenvalue weighted by molar-refractivity contribution is 5.88. The Kier molecular flexibility index (Phi) is 6.85. The van der Waals surface area contributed by atoms with Gasteiger partial charge < -0.3 is 26.6 Å². The van der Waals surface area contributed by atoms with Crippen molar-refractivity contribution in [2.45, 2.75) is 69.2 Å². The standard InChI is InChI=1S/C26H37N7O/c27-24(34)26(12-4-1-5-13-26)22-18-29-25(32-23(22)30-19-6-2-3-7-19)31-20-8-10-21(11-9-20)33-16-14-28-15-17-33/h8-11,18-19,28H,1-7,12-17H2,(H2,27,34)(H2,29,30,31,32). The van der Waals surface area contributed by atoms with Crippen LogP contribution in [0.5, 0.6) is 0 Å². The van der Waals surface area contributed by atoms with Gasteiger partial charge in [0.25, 0.3) is 0 Å². The molecule has 0 bridgehead atoms. The van der Waals surface area contributed by atoms with Gasteiger partial charge in [-0.05, 0) is 49.9 Å². The second-order valence-corrected chi connectivity index (χ2v) is 10.00. The number of anilines is 4. The van der Waals surface area contributed by atoms with Gasteiger partial charge in [0, 0.05) is 55.4 Å². The maximum atomic E-state index is 12.7. The number of nitrogens with one attached hydrogen (secondary N) is 3. The number of aromatic nitrogens is 2. The zero-order valence-electron chi connectivity index (χ0n) is 20.0. The maximum absolute atomic E-state index is 12.7. The van der Waals surface area contributed by atoms with Crippen molar-refractivity contribution in [2.24, 2.45) is 5.73 Å². The molecule has 5 N–H and O–H groups in total. The number of benzene rings is 1. The molecule has 34 heavy (non-hydrogen) atoms. The summed E-state index contributed by atoms with van der Waals surface area (Å²) in [7, 11) is 0. The van der Waals surface area contributed by atoms with Crippen molar-refractivity contribution >= 4 is 29.0 Å². The van der Waals surface area contributed by atoms with Crippen molar-refractivity contribution < 1.29 is 4.79 Å². The van der Waals surface area contributed by atoms with E-state index in [2.05, 4.69) is 50.1 Å². The first-order chi connectivity index (χ1) is 16.6. The third-order valence-electron chi connectivity index (χ3n) is 7.78. The largest absolute Gasteiger partial charge is 0.369 e. The highest BCUT2D eigenvalue weighted by Gasteiger charge is 2.42. The van der Waals surface area contributed by atoms with Gasteiger partial charge in [-0.25, -0.2) is 4.98 Å². The quantitative estimate of drug-likeness (QED) is 0.496. The van der Waals surface area contributed by atoms with Crippen LogP contribution in [-0.4, -0.2) is 48.1 Å². The fraction of sp³-hybridized carbons (Fsp3) is 0.577. The Morgan fingerprint density at radius 3 is 2.41 bits per heavy atom. The molecular formula is C26H37N7O. The molecule has 0 radical (unpaired) electrons. The van der Waals surface area contributed by atoms with Crippen LogP contribution in [0.2, 0.25) is 0 Å². The molecule has 2 saturated carbocycles. The number of hydrogen-bond acceptors (Lipinski definition) is 7. The number of rotatable bonds is 7. The van der Waals surface area contributed by atoms with E-state index in [0.717, 1.165) is 88.2 Å². The first kappa shape index (κ1) is 22.9. The molecule has 0 spiro atoms. The molecule has 2 heterocycles. The monoisotopic (exact) mass is 463 g/mol. The molecule has 8 heteroatoms. The molecule has 3 aliphatic rings. The second-order valence-electron chi connectivity index (χ2n) is 10.00. The van der Waals surface area contributed by atoms with Crippen molar-refractivity contribution in [3.63, 3.8) is 0 Å². The molecule has 1 aliphatic heterocycles. The van der Waals surface area contributed by atoms with Gasteiger partial charge in [-0.2, -0.15) is 4.98 Å². The minimum atomic E-state index is -0.678. The van der Waals surface area contributed by atoms with Crippen molar-refractivity contribution in [1.29, 1.82) is 0 Å². The maximum Gasteiger partial charge on any atom is 0.229 e. The molecule has 2 aromatic rings. The molecule has 2 aliphatic carbocycles. The fourth-order valence-electron chi connectivity index (χ4n) is 5.78. The van der Waals surface area contributed by atoms with E-state index in [0.29, 0.717) is 12.0 Å². The van der Waals surface area contributed by atoms with E-state index in [1.54, 1.807) is 0 Å². The second kappa shape index (κ2) is 10.2. The van der Waals surface area contributed by atoms with Gasteiger partial charge in [-0.1, -0.05) is 32.1 Å². The number of carbonyl (C=O) groups excluding carboxylic acids is 1. The summed E-state index contributed by atoms with van der Waals surface area (Å²) in [6, 6.07) is 8.82. The molecule has 1 saturated heterocycles. The Balaban J connectivity index is 1.40. The summed E-state index contributed by atoms with van der Waals surface area (Å²) in [5.41, 5.74) is 8.37. The van der Waals surface area contributed by atoms with Gasteiger partial charge in [-0.15, -0.1) is 0 Å². The average molecular weight is 464 g/mol. The lowest BCUT2D eigenvalue weighted by molar-refractivity contribution is -0.124. The summed E-state index contributed by atoms with van der Waals surface area (Å²) in [5.74, 6) is 1.05. The predicted molar refractivity (Wildman–Crippen MR) is 137 cm³/mol. The first-order valence-electron chi connectivity index (χ1n) is 12.9. The molecule has 1 aromatic heterocycles. The van der Waals surface area contributed by atoms with Crippen molar-refractivity contribution in [3.05, 3.63) is 36.0 Å². The van der Waals surface area contributed by atoms with E-state index >= 15 is 0 Å². The highest BCUT2D eigenvalue weighted by atomic mass is 16.1. The van der Waals surface area contributed by atoms with Crippen LogP contribution in [0.4, 0.5) is 23.1 Å². The third-order valence-corrected chi connectivity index (χ3v) is 7.78. The number of nitrogens with two attached hydrogens (primary N) is 1. The topological polar surface area (TPSA) is 108 Å². The summed E-state index contributed by atoms with van der Waals surface area (Å²) in [4.78, 5) is 24.6. The Morgan fingerprint density at radius 1 is 1.03 bits per heavy atom. The molecule has 1 amide bonds. The summed E-state index contributed by atoms with van der Waals surface area (Å²) in [6.07, 6.45) is 11.2. The lowest BCUT2D eigenvalue weighted by atomic mass is 9.69. The molecule has 1 aromatic carbocycles. The van der Waals surface area contributed by atoms with Crippen LogP contribution in [-0.2, 0) is 10.2 Å². The number of piperazine rings is 1. The molecular weight excluding hydrogens is 426 g/mol. The third kappa shape index (κ3) is 4.82. The van der Waals surface area contributed by atoms with Crippen molar-refractivity contribution in [2.75, 3.05) is 41.7 Å². The number of amides is 1. The minimum absolute atomic E-state index is 0.255. The van der Waals surface area contributed by atoms with Gasteiger partial charge in [0.2, 0.25) is 11.9 Å². The first-order valence-corrected chi connectivity index (χ1v) is 12.9. The highest BCUT2D eigenvalue weighted by Crippen LogP contribution is 2.42. The van der Waals surface area contributed by atoms with E-state index in [-0.39, 0.29) is 5.91 Å². The van der Waals surface area contributed by atoms with Gasteiger partial charge in [0.1, 0.15) is 5.82 Å². The van der Waals surface area contributed by atoms with Gasteiger partial charge in [0.05, 0.1) is 5.41 Å². The molecule has 8 nitrogen and oxygen atoms in total. The lowest BCUT2D eigenvalue weighted by Gasteiger charge is -2.36. The Bertz CT molecular complexity index is 975. The minimum Gasteiger partial charge on any atom is -0.369 e. The molecule has 5 rings (SSSR count). The smallest absolute Gasteiger partial charge is 0.229 e. The van der Waals surface area contributed by atoms with Crippen LogP contribution >= 0.6 is 0 Å². The van der Waals surface area contributed by atoms with Crippen molar-refractivity contribution in [3.8, 4) is 0 Å². The van der Waals surface area contributed by atoms with Gasteiger partial charge in [0.15, 0.2) is 0 Å². The van der Waals surface area contributed by atoms with E-state index in [9.17, 15) is 4.79 Å². The number of primary amides is 1. The summed E-state index contributed by atoms with van der Waals surface area (Å²) < 4.78 is 0. The van der Waals surface area contributed by atoms with Crippen LogP contribution in [0.3, 0.4) is 0 Å². The molecule has 0 unspecified atom stereocenters. The van der Waals surface area contributed by atoms with Gasteiger partial charge >= 0.3 is 0 Å². The fourth-order valence-corrected chi connectivity index (χ4v) is 5.78. The number of carbonyl (C=O) groups is 1.